The molecular formula is C24H17ClF2N2. The molecule has 3 aromatic carbocycles. The maximum Gasteiger partial charge on any atom is 0.123 e. The highest BCUT2D eigenvalue weighted by Crippen LogP contribution is 2.37. The van der Waals surface area contributed by atoms with Gasteiger partial charge in [-0.15, -0.1) is 0 Å². The van der Waals surface area contributed by atoms with Crippen molar-refractivity contribution in [2.75, 3.05) is 0 Å². The molecule has 0 N–H and O–H groups in total. The number of nitrogens with zero attached hydrogens (tertiary/aromatic N) is 2. The van der Waals surface area contributed by atoms with Gasteiger partial charge in [0.25, 0.3) is 0 Å². The summed E-state index contributed by atoms with van der Waals surface area (Å²) >= 11 is 6.71. The summed E-state index contributed by atoms with van der Waals surface area (Å²) in [4.78, 5) is 0. The van der Waals surface area contributed by atoms with Gasteiger partial charge in [0, 0.05) is 11.1 Å². The molecule has 144 valence electrons. The van der Waals surface area contributed by atoms with E-state index in [4.69, 9.17) is 16.7 Å². The van der Waals surface area contributed by atoms with Crippen LogP contribution in [0, 0.1) is 11.6 Å². The quantitative estimate of drug-likeness (QED) is 0.354. The zero-order chi connectivity index (χ0) is 20.4. The fourth-order valence-corrected chi connectivity index (χ4v) is 3.52. The van der Waals surface area contributed by atoms with E-state index in [1.54, 1.807) is 35.0 Å². The van der Waals surface area contributed by atoms with Crippen LogP contribution < -0.4 is 0 Å². The van der Waals surface area contributed by atoms with E-state index in [9.17, 15) is 8.78 Å². The highest BCUT2D eigenvalue weighted by Gasteiger charge is 2.19. The van der Waals surface area contributed by atoms with Gasteiger partial charge in [-0.3, -0.25) is 4.68 Å². The molecule has 0 spiro atoms. The Kier molecular flexibility index (Phi) is 5.28. The Labute approximate surface area is 172 Å². The molecule has 0 saturated carbocycles. The molecule has 0 aliphatic rings. The Morgan fingerprint density at radius 2 is 1.38 bits per heavy atom. The Morgan fingerprint density at radius 3 is 1.93 bits per heavy atom. The second-order valence-corrected chi connectivity index (χ2v) is 7.01. The maximum absolute atomic E-state index is 13.4. The third-order valence-corrected chi connectivity index (χ3v) is 5.04. The number of hydrogen-bond donors (Lipinski definition) is 0. The molecule has 4 aromatic rings. The van der Waals surface area contributed by atoms with Crippen LogP contribution in [0.2, 0.25) is 5.02 Å². The number of benzene rings is 3. The second-order valence-electron chi connectivity index (χ2n) is 6.63. The lowest BCUT2D eigenvalue weighted by Gasteiger charge is -2.09. The van der Waals surface area contributed by atoms with Crippen LogP contribution in [0.4, 0.5) is 8.78 Å². The molecule has 0 bridgehead atoms. The predicted octanol–water partition coefficient (Wildman–Crippen LogP) is 6.84. The van der Waals surface area contributed by atoms with Crippen LogP contribution in [0.3, 0.4) is 0 Å². The van der Waals surface area contributed by atoms with E-state index in [1.165, 1.54) is 24.3 Å². The minimum absolute atomic E-state index is 0.324. The summed E-state index contributed by atoms with van der Waals surface area (Å²) in [6.45, 7) is 4.25. The molecule has 0 fully saturated rings. The van der Waals surface area contributed by atoms with E-state index in [2.05, 4.69) is 6.58 Å². The summed E-state index contributed by atoms with van der Waals surface area (Å²) < 4.78 is 28.6. The molecule has 0 saturated heterocycles. The Morgan fingerprint density at radius 1 is 0.828 bits per heavy atom. The Bertz CT molecular complexity index is 1150. The number of aromatic nitrogens is 2. The number of rotatable bonds is 5. The third kappa shape index (κ3) is 3.98. The minimum atomic E-state index is -0.328. The number of hydrogen-bond acceptors (Lipinski definition) is 1. The van der Waals surface area contributed by atoms with Crippen LogP contribution in [-0.4, -0.2) is 9.78 Å². The molecule has 5 heteroatoms. The van der Waals surface area contributed by atoms with Crippen molar-refractivity contribution in [1.29, 1.82) is 0 Å². The molecule has 1 aromatic heterocycles. The molecule has 0 unspecified atom stereocenters. The van der Waals surface area contributed by atoms with Gasteiger partial charge >= 0.3 is 0 Å². The lowest BCUT2D eigenvalue weighted by molar-refractivity contribution is 0.627. The normalized spacial score (nSPS) is 10.9. The molecule has 0 amide bonds. The summed E-state index contributed by atoms with van der Waals surface area (Å²) in [5, 5.41) is 5.13. The van der Waals surface area contributed by atoms with Crippen molar-refractivity contribution in [3.63, 3.8) is 0 Å². The van der Waals surface area contributed by atoms with Gasteiger partial charge < -0.3 is 0 Å². The molecule has 0 aliphatic carbocycles. The zero-order valence-electron chi connectivity index (χ0n) is 15.4. The predicted molar refractivity (Wildman–Crippen MR) is 114 cm³/mol. The van der Waals surface area contributed by atoms with Crippen molar-refractivity contribution < 1.29 is 8.78 Å². The van der Waals surface area contributed by atoms with Crippen molar-refractivity contribution in [2.45, 2.75) is 6.54 Å². The largest absolute Gasteiger partial charge is 0.258 e. The lowest BCUT2D eigenvalue weighted by Crippen LogP contribution is -2.04. The van der Waals surface area contributed by atoms with Crippen LogP contribution in [0.25, 0.3) is 28.6 Å². The summed E-state index contributed by atoms with van der Waals surface area (Å²) in [6.07, 6.45) is 1.78. The summed E-state index contributed by atoms with van der Waals surface area (Å²) in [7, 11) is 0. The molecular weight excluding hydrogens is 390 g/mol. The van der Waals surface area contributed by atoms with Crippen molar-refractivity contribution >= 4 is 17.7 Å². The average Bonchev–Trinajstić information content (AvgIpc) is 3.06. The van der Waals surface area contributed by atoms with Crippen LogP contribution in [0.5, 0.6) is 0 Å². The van der Waals surface area contributed by atoms with Crippen molar-refractivity contribution in [3.8, 4) is 22.5 Å². The van der Waals surface area contributed by atoms with E-state index in [0.29, 0.717) is 28.5 Å². The number of halogens is 3. The summed E-state index contributed by atoms with van der Waals surface area (Å²) in [5.74, 6) is -0.653. The van der Waals surface area contributed by atoms with Gasteiger partial charge in [0.05, 0.1) is 17.3 Å². The fourth-order valence-electron chi connectivity index (χ4n) is 3.16. The highest BCUT2D eigenvalue weighted by molar-refractivity contribution is 6.35. The Balaban J connectivity index is 1.82. The fraction of sp³-hybridized carbons (Fsp3) is 0.0417. The zero-order valence-corrected chi connectivity index (χ0v) is 16.2. The first kappa shape index (κ1) is 19.1. The summed E-state index contributed by atoms with van der Waals surface area (Å²) in [6, 6.07) is 20.1. The van der Waals surface area contributed by atoms with E-state index in [-0.39, 0.29) is 11.6 Å². The first-order chi connectivity index (χ1) is 14.0. The van der Waals surface area contributed by atoms with Crippen LogP contribution in [-0.2, 0) is 6.54 Å². The first-order valence-electron chi connectivity index (χ1n) is 9.04. The highest BCUT2D eigenvalue weighted by atomic mass is 35.5. The van der Waals surface area contributed by atoms with E-state index >= 15 is 0 Å². The Hall–Kier alpha value is -3.24. The van der Waals surface area contributed by atoms with Gasteiger partial charge in [0.1, 0.15) is 17.3 Å². The monoisotopic (exact) mass is 406 g/mol. The van der Waals surface area contributed by atoms with Gasteiger partial charge in [-0.2, -0.15) is 5.10 Å². The SMILES string of the molecule is C=Cc1ccc(Cn2nc(-c3ccc(F)cc3)c(Cl)c2-c2ccc(F)cc2)cc1. The molecule has 4 rings (SSSR count). The summed E-state index contributed by atoms with van der Waals surface area (Å²) in [5.41, 5.74) is 4.75. The van der Waals surface area contributed by atoms with Gasteiger partial charge in [0.15, 0.2) is 0 Å². The smallest absolute Gasteiger partial charge is 0.123 e. The van der Waals surface area contributed by atoms with Gasteiger partial charge in [-0.1, -0.05) is 48.5 Å². The molecule has 0 radical (unpaired) electrons. The average molecular weight is 407 g/mol. The van der Waals surface area contributed by atoms with Crippen molar-refractivity contribution in [2.24, 2.45) is 0 Å². The maximum atomic E-state index is 13.4. The van der Waals surface area contributed by atoms with E-state index in [0.717, 1.165) is 16.7 Å². The third-order valence-electron chi connectivity index (χ3n) is 4.68. The second kappa shape index (κ2) is 8.02. The van der Waals surface area contributed by atoms with Crippen molar-refractivity contribution in [3.05, 3.63) is 107 Å². The van der Waals surface area contributed by atoms with E-state index < -0.39 is 0 Å². The topological polar surface area (TPSA) is 17.8 Å². The van der Waals surface area contributed by atoms with Crippen LogP contribution >= 0.6 is 11.6 Å². The lowest BCUT2D eigenvalue weighted by atomic mass is 10.1. The van der Waals surface area contributed by atoms with Crippen molar-refractivity contribution in [1.82, 2.24) is 9.78 Å². The molecule has 0 atom stereocenters. The van der Waals surface area contributed by atoms with Gasteiger partial charge in [-0.05, 0) is 59.7 Å². The minimum Gasteiger partial charge on any atom is -0.258 e. The van der Waals surface area contributed by atoms with E-state index in [1.807, 2.05) is 24.3 Å². The van der Waals surface area contributed by atoms with Gasteiger partial charge in [0.2, 0.25) is 0 Å². The van der Waals surface area contributed by atoms with Gasteiger partial charge in [-0.25, -0.2) is 8.78 Å². The first-order valence-corrected chi connectivity index (χ1v) is 9.42. The standard InChI is InChI=1S/C24H17ClF2N2/c1-2-16-3-5-17(6-4-16)15-29-24(19-9-13-21(27)14-10-19)22(25)23(28-29)18-7-11-20(26)12-8-18/h2-14H,1,15H2. The molecule has 2 nitrogen and oxygen atoms in total. The van der Waals surface area contributed by atoms with Crippen LogP contribution in [0.15, 0.2) is 79.4 Å². The molecule has 29 heavy (non-hydrogen) atoms. The molecule has 1 heterocycles. The van der Waals surface area contributed by atoms with Crippen LogP contribution in [0.1, 0.15) is 11.1 Å². The molecule has 0 aliphatic heterocycles.